The van der Waals surface area contributed by atoms with E-state index < -0.39 is 22.2 Å². The molecule has 2 aromatic carbocycles. The number of sulfonamides is 1. The number of fused-ring (bicyclic) bond motifs is 2. The Hall–Kier alpha value is -3.22. The molecule has 38 heavy (non-hydrogen) atoms. The Morgan fingerprint density at radius 3 is 2.05 bits per heavy atom. The highest BCUT2D eigenvalue weighted by atomic mass is 32.2. The molecule has 0 amide bonds. The smallest absolute Gasteiger partial charge is 0.475 e. The summed E-state index contributed by atoms with van der Waals surface area (Å²) >= 11 is 0. The first-order valence-electron chi connectivity index (χ1n) is 12.2. The average molecular weight is 551 g/mol. The van der Waals surface area contributed by atoms with Gasteiger partial charge in [-0.05, 0) is 37.1 Å². The number of hydrogen-bond donors (Lipinski definition) is 1. The molecule has 1 fully saturated rings. The second kappa shape index (κ2) is 10.9. The molecule has 1 aromatic heterocycles. The van der Waals surface area contributed by atoms with Crippen LogP contribution in [0, 0.1) is 0 Å². The van der Waals surface area contributed by atoms with Crippen LogP contribution in [0.4, 0.5) is 13.2 Å². The van der Waals surface area contributed by atoms with Crippen LogP contribution in [-0.2, 0) is 26.9 Å². The van der Waals surface area contributed by atoms with Gasteiger partial charge in [-0.3, -0.25) is 4.90 Å². The molecule has 1 spiro atoms. The number of nitrogens with zero attached hydrogens (tertiary/aromatic N) is 4. The van der Waals surface area contributed by atoms with E-state index in [1.54, 1.807) is 28.6 Å². The van der Waals surface area contributed by atoms with Crippen molar-refractivity contribution in [3.05, 3.63) is 72.7 Å². The predicted molar refractivity (Wildman–Crippen MR) is 135 cm³/mol. The van der Waals surface area contributed by atoms with Crippen molar-refractivity contribution in [2.24, 2.45) is 0 Å². The molecule has 0 bridgehead atoms. The van der Waals surface area contributed by atoms with Crippen molar-refractivity contribution in [2.45, 2.75) is 42.9 Å². The summed E-state index contributed by atoms with van der Waals surface area (Å²) in [5, 5.41) is 7.12. The molecule has 3 aromatic rings. The fraction of sp³-hybridized carbons (Fsp3) is 0.385. The zero-order chi connectivity index (χ0) is 27.6. The van der Waals surface area contributed by atoms with E-state index in [0.717, 1.165) is 44.0 Å². The molecule has 3 heterocycles. The largest absolute Gasteiger partial charge is 0.490 e. The summed E-state index contributed by atoms with van der Waals surface area (Å²) in [6.07, 6.45) is -1.60. The molecule has 1 N–H and O–H groups in total. The van der Waals surface area contributed by atoms with Crippen molar-refractivity contribution in [3.63, 3.8) is 0 Å². The van der Waals surface area contributed by atoms with Gasteiger partial charge in [0.15, 0.2) is 0 Å². The van der Waals surface area contributed by atoms with Gasteiger partial charge in [0.25, 0.3) is 0 Å². The number of benzene rings is 2. The molecule has 2 aliphatic heterocycles. The van der Waals surface area contributed by atoms with Crippen LogP contribution in [0.5, 0.6) is 0 Å². The predicted octanol–water partition coefficient (Wildman–Crippen LogP) is 4.20. The number of carboxylic acid groups (broad SMARTS) is 1. The number of imidazole rings is 1. The Morgan fingerprint density at radius 2 is 1.53 bits per heavy atom. The van der Waals surface area contributed by atoms with E-state index in [9.17, 15) is 21.6 Å². The summed E-state index contributed by atoms with van der Waals surface area (Å²) in [6.45, 7) is 5.97. The molecule has 5 rings (SSSR count). The third kappa shape index (κ3) is 5.33. The molecule has 0 unspecified atom stereocenters. The number of aliphatic carboxylic acids is 1. The highest BCUT2D eigenvalue weighted by Gasteiger charge is 2.48. The number of rotatable bonds is 4. The first-order chi connectivity index (χ1) is 18.0. The van der Waals surface area contributed by atoms with Crippen molar-refractivity contribution >= 4 is 16.0 Å². The summed E-state index contributed by atoms with van der Waals surface area (Å²) in [7, 11) is -3.47. The van der Waals surface area contributed by atoms with Crippen LogP contribution in [-0.4, -0.2) is 70.6 Å². The van der Waals surface area contributed by atoms with Crippen LogP contribution >= 0.6 is 0 Å². The molecule has 12 heteroatoms. The van der Waals surface area contributed by atoms with Crippen molar-refractivity contribution in [1.82, 2.24) is 18.8 Å². The Kier molecular flexibility index (Phi) is 7.96. The van der Waals surface area contributed by atoms with Gasteiger partial charge in [0, 0.05) is 26.2 Å². The molecule has 0 saturated carbocycles. The number of halogens is 3. The number of likely N-dealkylation sites (N-methyl/N-ethyl adjacent to an activating group) is 1. The summed E-state index contributed by atoms with van der Waals surface area (Å²) in [6, 6.07) is 19.1. The molecule has 0 radical (unpaired) electrons. The van der Waals surface area contributed by atoms with Gasteiger partial charge in [0.05, 0.1) is 22.3 Å². The van der Waals surface area contributed by atoms with Crippen molar-refractivity contribution in [1.29, 1.82) is 0 Å². The van der Waals surface area contributed by atoms with E-state index in [1.807, 2.05) is 18.3 Å². The van der Waals surface area contributed by atoms with E-state index >= 15 is 0 Å². The van der Waals surface area contributed by atoms with Crippen molar-refractivity contribution < 1.29 is 31.5 Å². The Balaban J connectivity index is 0.000000426. The summed E-state index contributed by atoms with van der Waals surface area (Å²) < 4.78 is 62.0. The molecule has 2 aliphatic rings. The third-order valence-electron chi connectivity index (χ3n) is 7.09. The Bertz CT molecular complexity index is 1350. The van der Waals surface area contributed by atoms with Crippen LogP contribution in [0.25, 0.3) is 11.3 Å². The number of carboxylic acids is 1. The highest BCUT2D eigenvalue weighted by molar-refractivity contribution is 7.89. The van der Waals surface area contributed by atoms with Crippen molar-refractivity contribution in [3.8, 4) is 11.3 Å². The summed E-state index contributed by atoms with van der Waals surface area (Å²) in [4.78, 5) is 16.7. The zero-order valence-electron chi connectivity index (χ0n) is 20.8. The number of aromatic nitrogens is 2. The van der Waals surface area contributed by atoms with Crippen LogP contribution in [0.2, 0.25) is 0 Å². The normalized spacial score (nSPS) is 17.9. The lowest BCUT2D eigenvalue weighted by Gasteiger charge is -2.50. The van der Waals surface area contributed by atoms with Crippen LogP contribution in [0.3, 0.4) is 0 Å². The lowest BCUT2D eigenvalue weighted by molar-refractivity contribution is -0.192. The van der Waals surface area contributed by atoms with Crippen LogP contribution < -0.4 is 0 Å². The van der Waals surface area contributed by atoms with Gasteiger partial charge in [0.1, 0.15) is 5.82 Å². The van der Waals surface area contributed by atoms with Gasteiger partial charge in [0.2, 0.25) is 10.0 Å². The molecule has 8 nitrogen and oxygen atoms in total. The van der Waals surface area contributed by atoms with Gasteiger partial charge in [-0.15, -0.1) is 0 Å². The summed E-state index contributed by atoms with van der Waals surface area (Å²) in [5.41, 5.74) is 2.10. The lowest BCUT2D eigenvalue weighted by Crippen LogP contribution is -2.58. The number of carbonyl (C=O) groups is 1. The third-order valence-corrected chi connectivity index (χ3v) is 9.01. The fourth-order valence-electron chi connectivity index (χ4n) is 5.23. The maximum atomic E-state index is 13.1. The quantitative estimate of drug-likeness (QED) is 0.523. The second-order valence-corrected chi connectivity index (χ2v) is 11.1. The van der Waals surface area contributed by atoms with Gasteiger partial charge in [-0.1, -0.05) is 55.5 Å². The molecule has 0 atom stereocenters. The van der Waals surface area contributed by atoms with Gasteiger partial charge >= 0.3 is 12.1 Å². The zero-order valence-corrected chi connectivity index (χ0v) is 21.6. The molecular weight excluding hydrogens is 521 g/mol. The molecule has 204 valence electrons. The Morgan fingerprint density at radius 1 is 0.974 bits per heavy atom. The number of alkyl halides is 3. The second-order valence-electron chi connectivity index (χ2n) is 9.12. The minimum Gasteiger partial charge on any atom is -0.475 e. The van der Waals surface area contributed by atoms with Crippen LogP contribution in [0.1, 0.15) is 25.6 Å². The Labute approximate surface area is 219 Å². The van der Waals surface area contributed by atoms with E-state index in [2.05, 4.69) is 40.7 Å². The molecular formula is C26H29F3N4O4S. The molecule has 0 aliphatic carbocycles. The monoisotopic (exact) mass is 550 g/mol. The minimum atomic E-state index is -5.08. The average Bonchev–Trinajstić information content (AvgIpc) is 3.35. The number of hydrogen-bond acceptors (Lipinski definition) is 5. The number of piperidine rings is 1. The SMILES string of the molecule is CCN1CCn2c(-c3ccccc3)cnc2C12CCN(S(=O)(=O)c1ccccc1)CC2.O=C(O)C(F)(F)F. The van der Waals surface area contributed by atoms with Gasteiger partial charge in [-0.2, -0.15) is 17.5 Å². The maximum Gasteiger partial charge on any atom is 0.490 e. The topological polar surface area (TPSA) is 95.7 Å². The van der Waals surface area contributed by atoms with E-state index in [-0.39, 0.29) is 5.54 Å². The highest BCUT2D eigenvalue weighted by Crippen LogP contribution is 2.43. The summed E-state index contributed by atoms with van der Waals surface area (Å²) in [5.74, 6) is -1.68. The first-order valence-corrected chi connectivity index (χ1v) is 13.7. The lowest BCUT2D eigenvalue weighted by atomic mass is 9.84. The first kappa shape index (κ1) is 27.8. The van der Waals surface area contributed by atoms with E-state index in [4.69, 9.17) is 14.9 Å². The standard InChI is InChI=1S/C24H28N4O2S.C2HF3O2/c1-2-26-17-18-28-22(20-9-5-3-6-10-20)19-25-23(28)24(26)13-15-27(16-14-24)31(29,30)21-11-7-4-8-12-21;3-2(4,5)1(6)7/h3-12,19H,2,13-18H2,1H3;(H,6,7). The fourth-order valence-corrected chi connectivity index (χ4v) is 6.69. The molecule has 1 saturated heterocycles. The van der Waals surface area contributed by atoms with Crippen molar-refractivity contribution in [2.75, 3.05) is 26.2 Å². The minimum absolute atomic E-state index is 0.220. The maximum absolute atomic E-state index is 13.1. The van der Waals surface area contributed by atoms with E-state index in [0.29, 0.717) is 18.0 Å². The van der Waals surface area contributed by atoms with E-state index in [1.165, 1.54) is 5.56 Å². The van der Waals surface area contributed by atoms with Crippen LogP contribution in [0.15, 0.2) is 71.8 Å². The van der Waals surface area contributed by atoms with Gasteiger partial charge < -0.3 is 9.67 Å². The van der Waals surface area contributed by atoms with Gasteiger partial charge in [-0.25, -0.2) is 18.2 Å².